The highest BCUT2D eigenvalue weighted by atomic mass is 32.2. The predicted molar refractivity (Wildman–Crippen MR) is 116 cm³/mol. The number of carbonyl (C=O) groups excluding carboxylic acids is 1. The van der Waals surface area contributed by atoms with Gasteiger partial charge in [0.2, 0.25) is 0 Å². The zero-order chi connectivity index (χ0) is 20.5. The molecule has 0 bridgehead atoms. The quantitative estimate of drug-likeness (QED) is 0.442. The van der Waals surface area contributed by atoms with E-state index in [2.05, 4.69) is 16.4 Å². The average molecular weight is 423 g/mol. The number of amides is 1. The van der Waals surface area contributed by atoms with Crippen LogP contribution in [0.5, 0.6) is 11.5 Å². The van der Waals surface area contributed by atoms with Crippen LogP contribution in [0.3, 0.4) is 0 Å². The molecule has 2 aliphatic rings. The summed E-state index contributed by atoms with van der Waals surface area (Å²) >= 11 is 1.76. The van der Waals surface area contributed by atoms with Crippen LogP contribution in [0.25, 0.3) is 11.0 Å². The largest absolute Gasteiger partial charge is 0.493 e. The van der Waals surface area contributed by atoms with Gasteiger partial charge in [0.05, 0.1) is 13.4 Å². The van der Waals surface area contributed by atoms with Crippen molar-refractivity contribution < 1.29 is 18.7 Å². The van der Waals surface area contributed by atoms with Gasteiger partial charge in [0.1, 0.15) is 5.58 Å². The Morgan fingerprint density at radius 3 is 2.57 bits per heavy atom. The number of para-hydroxylation sites is 2. The monoisotopic (exact) mass is 422 g/mol. The van der Waals surface area contributed by atoms with Crippen molar-refractivity contribution in [3.63, 3.8) is 0 Å². The molecular formula is C23H22N2O4S. The second-order valence-corrected chi connectivity index (χ2v) is 8.58. The number of hydrogen-bond acceptors (Lipinski definition) is 6. The molecule has 0 unspecified atom stereocenters. The molecule has 0 atom stereocenters. The zero-order valence-corrected chi connectivity index (χ0v) is 17.5. The summed E-state index contributed by atoms with van der Waals surface area (Å²) in [6.07, 6.45) is 1.72. The average Bonchev–Trinajstić information content (AvgIpc) is 3.46. The van der Waals surface area contributed by atoms with E-state index < -0.39 is 0 Å². The van der Waals surface area contributed by atoms with E-state index in [1.807, 2.05) is 41.3 Å². The molecule has 0 aliphatic carbocycles. The molecule has 0 radical (unpaired) electrons. The molecule has 0 fully saturated rings. The highest BCUT2D eigenvalue weighted by molar-refractivity contribution is 7.97. The van der Waals surface area contributed by atoms with Crippen LogP contribution in [-0.2, 0) is 4.79 Å². The SMILES string of the molecule is COc1ccccc1OCC(=O)N1CC2=C(CN(Sc3ccc4occc4c3)C2)C1. The Hall–Kier alpha value is -2.90. The number of benzene rings is 2. The van der Waals surface area contributed by atoms with Gasteiger partial charge in [0.15, 0.2) is 18.1 Å². The van der Waals surface area contributed by atoms with Crippen LogP contribution in [0, 0.1) is 0 Å². The van der Waals surface area contributed by atoms with Crippen molar-refractivity contribution in [2.24, 2.45) is 0 Å². The molecule has 1 amide bonds. The molecule has 3 heterocycles. The summed E-state index contributed by atoms with van der Waals surface area (Å²) in [6.45, 7) is 3.13. The smallest absolute Gasteiger partial charge is 0.261 e. The van der Waals surface area contributed by atoms with E-state index in [4.69, 9.17) is 13.9 Å². The molecule has 154 valence electrons. The predicted octanol–water partition coefficient (Wildman–Crippen LogP) is 3.98. The van der Waals surface area contributed by atoms with E-state index in [9.17, 15) is 4.79 Å². The summed E-state index contributed by atoms with van der Waals surface area (Å²) in [5, 5.41) is 1.12. The van der Waals surface area contributed by atoms with Gasteiger partial charge in [-0.1, -0.05) is 12.1 Å². The number of carbonyl (C=O) groups is 1. The Kier molecular flexibility index (Phi) is 5.14. The minimum Gasteiger partial charge on any atom is -0.493 e. The first-order valence-electron chi connectivity index (χ1n) is 9.83. The summed E-state index contributed by atoms with van der Waals surface area (Å²) in [4.78, 5) is 15.7. The van der Waals surface area contributed by atoms with Crippen molar-refractivity contribution >= 4 is 28.8 Å². The standard InChI is InChI=1S/C23H22N2O4S/c1-27-21-4-2-3-5-22(21)29-15-23(26)24-11-17-13-25(14-18(17)12-24)30-19-6-7-20-16(10-19)8-9-28-20/h2-10H,11-15H2,1H3. The molecule has 0 spiro atoms. The summed E-state index contributed by atoms with van der Waals surface area (Å²) in [5.41, 5.74) is 3.60. The Morgan fingerprint density at radius 1 is 1.03 bits per heavy atom. The van der Waals surface area contributed by atoms with Gasteiger partial charge in [-0.2, -0.15) is 0 Å². The van der Waals surface area contributed by atoms with Crippen LogP contribution in [0.4, 0.5) is 0 Å². The van der Waals surface area contributed by atoms with E-state index in [0.717, 1.165) is 24.1 Å². The lowest BCUT2D eigenvalue weighted by Gasteiger charge is -2.22. The lowest BCUT2D eigenvalue weighted by molar-refractivity contribution is -0.132. The highest BCUT2D eigenvalue weighted by Crippen LogP contribution is 2.34. The molecular weight excluding hydrogens is 400 g/mol. The molecule has 5 rings (SSSR count). The van der Waals surface area contributed by atoms with Gasteiger partial charge in [-0.3, -0.25) is 4.79 Å². The number of ether oxygens (including phenoxy) is 2. The van der Waals surface area contributed by atoms with Crippen molar-refractivity contribution in [3.8, 4) is 11.5 Å². The van der Waals surface area contributed by atoms with E-state index in [1.54, 1.807) is 25.3 Å². The van der Waals surface area contributed by atoms with E-state index in [1.165, 1.54) is 16.0 Å². The Balaban J connectivity index is 1.13. The van der Waals surface area contributed by atoms with Crippen LogP contribution >= 0.6 is 11.9 Å². The first-order valence-corrected chi connectivity index (χ1v) is 10.6. The number of fused-ring (bicyclic) bond motifs is 1. The summed E-state index contributed by atoms with van der Waals surface area (Å²) in [6, 6.07) is 15.6. The molecule has 7 heteroatoms. The summed E-state index contributed by atoms with van der Waals surface area (Å²) in [5.74, 6) is 1.22. The molecule has 0 N–H and O–H groups in total. The molecule has 0 saturated carbocycles. The highest BCUT2D eigenvalue weighted by Gasteiger charge is 2.32. The van der Waals surface area contributed by atoms with Crippen molar-refractivity contribution in [1.82, 2.24) is 9.21 Å². The lowest BCUT2D eigenvalue weighted by atomic mass is 10.2. The fraction of sp³-hybridized carbons (Fsp3) is 0.261. The van der Waals surface area contributed by atoms with E-state index >= 15 is 0 Å². The normalized spacial score (nSPS) is 16.4. The molecule has 0 saturated heterocycles. The fourth-order valence-corrected chi connectivity index (χ4v) is 4.95. The fourth-order valence-electron chi connectivity index (χ4n) is 3.91. The maximum Gasteiger partial charge on any atom is 0.261 e. The molecule has 2 aliphatic heterocycles. The van der Waals surface area contributed by atoms with E-state index in [0.29, 0.717) is 24.6 Å². The number of furan rings is 1. The van der Waals surface area contributed by atoms with Crippen LogP contribution < -0.4 is 9.47 Å². The van der Waals surface area contributed by atoms with Crippen molar-refractivity contribution in [3.05, 3.63) is 65.9 Å². The maximum absolute atomic E-state index is 12.6. The third kappa shape index (κ3) is 3.78. The molecule has 1 aromatic heterocycles. The van der Waals surface area contributed by atoms with Gasteiger partial charge in [0.25, 0.3) is 5.91 Å². The van der Waals surface area contributed by atoms with Crippen molar-refractivity contribution in [2.75, 3.05) is 39.9 Å². The first-order chi connectivity index (χ1) is 14.7. The number of methoxy groups -OCH3 is 1. The number of rotatable bonds is 6. The lowest BCUT2D eigenvalue weighted by Crippen LogP contribution is -2.35. The van der Waals surface area contributed by atoms with Crippen molar-refractivity contribution in [2.45, 2.75) is 4.90 Å². The third-order valence-electron chi connectivity index (χ3n) is 5.43. The van der Waals surface area contributed by atoms with Gasteiger partial charge >= 0.3 is 0 Å². The van der Waals surface area contributed by atoms with Crippen LogP contribution in [0.2, 0.25) is 0 Å². The summed E-state index contributed by atoms with van der Waals surface area (Å²) < 4.78 is 18.7. The first kappa shape index (κ1) is 19.1. The zero-order valence-electron chi connectivity index (χ0n) is 16.7. The van der Waals surface area contributed by atoms with Crippen LogP contribution in [-0.4, -0.2) is 55.0 Å². The Labute approximate surface area is 179 Å². The summed E-state index contributed by atoms with van der Waals surface area (Å²) in [7, 11) is 1.59. The van der Waals surface area contributed by atoms with Gasteiger partial charge < -0.3 is 18.8 Å². The minimum atomic E-state index is -0.0000754. The van der Waals surface area contributed by atoms with Gasteiger partial charge in [-0.05, 0) is 59.5 Å². The third-order valence-corrected chi connectivity index (χ3v) is 6.41. The van der Waals surface area contributed by atoms with E-state index in [-0.39, 0.29) is 12.5 Å². The number of hydrogen-bond donors (Lipinski definition) is 0. The second-order valence-electron chi connectivity index (χ2n) is 7.41. The van der Waals surface area contributed by atoms with Crippen LogP contribution in [0.1, 0.15) is 0 Å². The Morgan fingerprint density at radius 2 is 1.80 bits per heavy atom. The minimum absolute atomic E-state index is 0.0000754. The molecule has 30 heavy (non-hydrogen) atoms. The maximum atomic E-state index is 12.6. The van der Waals surface area contributed by atoms with Gasteiger partial charge in [-0.15, -0.1) is 0 Å². The topological polar surface area (TPSA) is 55.2 Å². The number of nitrogens with zero attached hydrogens (tertiary/aromatic N) is 2. The molecule has 2 aromatic carbocycles. The molecule has 6 nitrogen and oxygen atoms in total. The molecule has 3 aromatic rings. The van der Waals surface area contributed by atoms with Crippen molar-refractivity contribution in [1.29, 1.82) is 0 Å². The van der Waals surface area contributed by atoms with Gasteiger partial charge in [0, 0.05) is 36.5 Å². The van der Waals surface area contributed by atoms with Gasteiger partial charge in [-0.25, -0.2) is 4.31 Å². The second kappa shape index (κ2) is 8.08. The van der Waals surface area contributed by atoms with Crippen LogP contribution in [0.15, 0.2) is 75.3 Å². The Bertz CT molecular complexity index is 1110.